The average Bonchev–Trinajstić information content (AvgIpc) is 4.50. The van der Waals surface area contributed by atoms with Gasteiger partial charge in [0.2, 0.25) is 0 Å². The number of fused-ring (bicyclic) bond motifs is 22. The summed E-state index contributed by atoms with van der Waals surface area (Å²) in [6, 6.07) is 80.7. The van der Waals surface area contributed by atoms with E-state index < -0.39 is 0 Å². The van der Waals surface area contributed by atoms with Crippen molar-refractivity contribution in [2.24, 2.45) is 0 Å². The van der Waals surface area contributed by atoms with Crippen LogP contribution in [0.1, 0.15) is 11.1 Å². The predicted octanol–water partition coefficient (Wildman–Crippen LogP) is 17.6. The maximum atomic E-state index is 11.3. The molecule has 17 aromatic rings. The minimum Gasteiger partial charge on any atom is -0.455 e. The van der Waals surface area contributed by atoms with Gasteiger partial charge in [0.05, 0.1) is 88.2 Å². The van der Waals surface area contributed by atoms with Gasteiger partial charge in [0.1, 0.15) is 34.5 Å². The summed E-state index contributed by atoms with van der Waals surface area (Å²) < 4.78 is 23.3. The van der Waals surface area contributed by atoms with Gasteiger partial charge in [-0.25, -0.2) is 0 Å². The lowest BCUT2D eigenvalue weighted by Crippen LogP contribution is -2.04. The van der Waals surface area contributed by atoms with Crippen molar-refractivity contribution >= 4 is 131 Å². The van der Waals surface area contributed by atoms with Crippen LogP contribution in [0.3, 0.4) is 0 Å². The normalized spacial score (nSPS) is 12.2. The van der Waals surface area contributed by atoms with E-state index in [0.29, 0.717) is 22.5 Å². The van der Waals surface area contributed by atoms with E-state index in [2.05, 4.69) is 200 Å². The van der Waals surface area contributed by atoms with Crippen molar-refractivity contribution in [2.45, 2.75) is 0 Å². The zero-order valence-electron chi connectivity index (χ0n) is 40.3. The van der Waals surface area contributed by atoms with E-state index in [1.807, 2.05) is 48.5 Å². The Kier molecular flexibility index (Phi) is 7.99. The summed E-state index contributed by atoms with van der Waals surface area (Å²) >= 11 is 0. The molecule has 0 aliphatic heterocycles. The number of furan rings is 2. The van der Waals surface area contributed by atoms with Crippen LogP contribution in [0.25, 0.3) is 154 Å². The number of hydrogen-bond acceptors (Lipinski definition) is 4. The van der Waals surface area contributed by atoms with Gasteiger partial charge in [-0.15, -0.1) is 0 Å². The fourth-order valence-corrected chi connectivity index (χ4v) is 12.9. The van der Waals surface area contributed by atoms with Crippen LogP contribution >= 0.6 is 0 Å². The van der Waals surface area contributed by atoms with Gasteiger partial charge in [0.15, 0.2) is 0 Å². The number of nitrogens with zero attached hydrogens (tertiary/aromatic N) is 6. The summed E-state index contributed by atoms with van der Waals surface area (Å²) in [6.45, 7) is 0. The molecule has 17 rings (SSSR count). The first kappa shape index (κ1) is 40.8. The molecule has 0 unspecified atom stereocenters. The summed E-state index contributed by atoms with van der Waals surface area (Å²) in [5.41, 5.74) is 15.3. The van der Waals surface area contributed by atoms with E-state index in [1.165, 1.54) is 0 Å². The summed E-state index contributed by atoms with van der Waals surface area (Å²) in [5, 5.41) is 34.8. The van der Waals surface area contributed by atoms with Crippen LogP contribution in [-0.2, 0) is 0 Å². The van der Waals surface area contributed by atoms with Gasteiger partial charge in [0, 0.05) is 54.5 Å². The molecule has 350 valence electrons. The Balaban J connectivity index is 0.890. The molecule has 6 heterocycles. The van der Waals surface area contributed by atoms with Crippen LogP contribution in [0, 0.1) is 22.7 Å². The van der Waals surface area contributed by atoms with E-state index in [9.17, 15) is 10.5 Å². The van der Waals surface area contributed by atoms with Crippen molar-refractivity contribution in [3.8, 4) is 34.9 Å². The Morgan fingerprint density at radius 1 is 0.263 bits per heavy atom. The number of hydrogen-bond donors (Lipinski definition) is 0. The quantitative estimate of drug-likeness (QED) is 0.176. The van der Waals surface area contributed by atoms with Crippen molar-refractivity contribution < 1.29 is 8.83 Å². The van der Waals surface area contributed by atoms with Crippen LogP contribution in [-0.4, -0.2) is 18.3 Å². The molecule has 0 saturated heterocycles. The third kappa shape index (κ3) is 5.18. The molecule has 0 bridgehead atoms. The molecule has 6 aromatic heterocycles. The Morgan fingerprint density at radius 2 is 0.539 bits per heavy atom. The van der Waals surface area contributed by atoms with E-state index >= 15 is 0 Å². The number of nitriles is 2. The van der Waals surface area contributed by atoms with E-state index in [1.54, 1.807) is 0 Å². The Labute approximate surface area is 431 Å². The monoisotopic (exact) mass is 968 g/mol. The lowest BCUT2D eigenvalue weighted by atomic mass is 10.1. The lowest BCUT2D eigenvalue weighted by molar-refractivity contribution is 0.676. The minimum absolute atomic E-state index is 0.421. The molecule has 0 amide bonds. The summed E-state index contributed by atoms with van der Waals surface area (Å²) in [7, 11) is 0. The molecule has 8 heteroatoms. The second-order valence-corrected chi connectivity index (χ2v) is 19.7. The van der Waals surface area contributed by atoms with Gasteiger partial charge < -0.3 is 27.1 Å². The highest BCUT2D eigenvalue weighted by molar-refractivity contribution is 6.31. The van der Waals surface area contributed by atoms with Crippen LogP contribution in [0.15, 0.2) is 227 Å². The molecule has 0 spiro atoms. The molecular formula is C68H36N6O2. The van der Waals surface area contributed by atoms with Crippen LogP contribution in [0.4, 0.5) is 0 Å². The standard InChI is InChI=1S/C68H36N6O2/c69-37-39-36-60(74-54-26-14-10-22-50(54)64-58(74)34-30-46-44-28-32-56-62(66(44)76-68(46)64)48-20-8-12-24-52(48)72(56)42-17-5-2-6-18-42)40(38-70)35-59(39)73-53-25-13-9-21-49(53)63-57(73)33-29-45-43-27-31-55-61(65(43)75-67(45)63)47-19-7-11-23-51(47)71(55)41-15-3-1-4-16-41/h1-36H. The molecule has 0 N–H and O–H groups in total. The first-order valence-electron chi connectivity index (χ1n) is 25.4. The molecule has 0 saturated carbocycles. The molecule has 0 atom stereocenters. The zero-order valence-corrected chi connectivity index (χ0v) is 40.3. The van der Waals surface area contributed by atoms with Gasteiger partial charge in [-0.05, 0) is 109 Å². The number of para-hydroxylation sites is 6. The van der Waals surface area contributed by atoms with Crippen molar-refractivity contribution in [1.29, 1.82) is 10.5 Å². The topological polar surface area (TPSA) is 93.6 Å². The Hall–Kier alpha value is -10.8. The van der Waals surface area contributed by atoms with Crippen molar-refractivity contribution in [3.63, 3.8) is 0 Å². The molecule has 76 heavy (non-hydrogen) atoms. The van der Waals surface area contributed by atoms with Crippen molar-refractivity contribution in [1.82, 2.24) is 18.3 Å². The second-order valence-electron chi connectivity index (χ2n) is 19.7. The highest BCUT2D eigenvalue weighted by Gasteiger charge is 2.27. The van der Waals surface area contributed by atoms with Gasteiger partial charge in [0.25, 0.3) is 0 Å². The number of rotatable bonds is 4. The van der Waals surface area contributed by atoms with Gasteiger partial charge in [-0.1, -0.05) is 109 Å². The van der Waals surface area contributed by atoms with E-state index in [4.69, 9.17) is 8.83 Å². The molecule has 11 aromatic carbocycles. The molecule has 0 aliphatic rings. The van der Waals surface area contributed by atoms with E-state index in [-0.39, 0.29) is 0 Å². The fraction of sp³-hybridized carbons (Fsp3) is 0. The van der Waals surface area contributed by atoms with E-state index in [0.717, 1.165) is 142 Å². The van der Waals surface area contributed by atoms with Crippen molar-refractivity contribution in [2.75, 3.05) is 0 Å². The minimum atomic E-state index is 0.421. The average molecular weight is 969 g/mol. The smallest absolute Gasteiger partial charge is 0.145 e. The van der Waals surface area contributed by atoms with Crippen LogP contribution in [0.5, 0.6) is 0 Å². The molecule has 0 aliphatic carbocycles. The Bertz CT molecular complexity index is 5150. The third-order valence-corrected chi connectivity index (χ3v) is 16.0. The zero-order chi connectivity index (χ0) is 49.9. The first-order chi connectivity index (χ1) is 37.7. The fourth-order valence-electron chi connectivity index (χ4n) is 12.9. The largest absolute Gasteiger partial charge is 0.455 e. The molecule has 0 radical (unpaired) electrons. The maximum Gasteiger partial charge on any atom is 0.145 e. The van der Waals surface area contributed by atoms with Gasteiger partial charge in [-0.3, -0.25) is 0 Å². The van der Waals surface area contributed by atoms with Crippen molar-refractivity contribution in [3.05, 3.63) is 230 Å². The molecular weight excluding hydrogens is 933 g/mol. The summed E-state index contributed by atoms with van der Waals surface area (Å²) in [6.07, 6.45) is 0. The van der Waals surface area contributed by atoms with Gasteiger partial charge >= 0.3 is 0 Å². The second kappa shape index (κ2) is 14.9. The highest BCUT2D eigenvalue weighted by Crippen LogP contribution is 2.48. The van der Waals surface area contributed by atoms with Crippen LogP contribution < -0.4 is 0 Å². The maximum absolute atomic E-state index is 11.3. The SMILES string of the molecule is N#Cc1cc(-n2c3ccccc3c3c4oc5c(ccc6c5c5ccccc5n6-c5ccccc5)c4ccc32)c(C#N)cc1-n1c2ccccc2c2c3oc4c(ccc5c4c4ccccc4n5-c4ccccc4)c3ccc21. The summed E-state index contributed by atoms with van der Waals surface area (Å²) in [4.78, 5) is 0. The highest BCUT2D eigenvalue weighted by atomic mass is 16.3. The predicted molar refractivity (Wildman–Crippen MR) is 308 cm³/mol. The molecule has 8 nitrogen and oxygen atoms in total. The number of aromatic nitrogens is 4. The third-order valence-electron chi connectivity index (χ3n) is 16.0. The van der Waals surface area contributed by atoms with Crippen LogP contribution in [0.2, 0.25) is 0 Å². The lowest BCUT2D eigenvalue weighted by Gasteiger charge is -2.15. The Morgan fingerprint density at radius 3 is 0.855 bits per heavy atom. The molecule has 0 fully saturated rings. The van der Waals surface area contributed by atoms with Gasteiger partial charge in [-0.2, -0.15) is 10.5 Å². The summed E-state index contributed by atoms with van der Waals surface area (Å²) in [5.74, 6) is 0. The number of benzene rings is 11. The first-order valence-corrected chi connectivity index (χ1v) is 25.4.